The molecule has 0 aliphatic heterocycles. The van der Waals surface area contributed by atoms with Gasteiger partial charge in [0.1, 0.15) is 5.75 Å². The van der Waals surface area contributed by atoms with Crippen molar-refractivity contribution in [1.29, 1.82) is 0 Å². The summed E-state index contributed by atoms with van der Waals surface area (Å²) in [6, 6.07) is 7.64. The lowest BCUT2D eigenvalue weighted by Gasteiger charge is -2.24. The van der Waals surface area contributed by atoms with Gasteiger partial charge in [-0.1, -0.05) is 24.8 Å². The van der Waals surface area contributed by atoms with Crippen molar-refractivity contribution in [2.24, 2.45) is 0 Å². The topological polar surface area (TPSA) is 69.0 Å². The molecule has 1 aromatic carbocycles. The number of benzene rings is 1. The first-order chi connectivity index (χ1) is 12.4. The zero-order valence-corrected chi connectivity index (χ0v) is 16.6. The minimum Gasteiger partial charge on any atom is -0.497 e. The van der Waals surface area contributed by atoms with E-state index in [4.69, 9.17) is 4.74 Å². The molecular weight excluding hydrogens is 348 g/mol. The number of carbonyl (C=O) groups excluding carboxylic acids is 1. The van der Waals surface area contributed by atoms with Gasteiger partial charge in [0.25, 0.3) is 0 Å². The molecule has 1 amide bonds. The average Bonchev–Trinajstić information content (AvgIpc) is 3.03. The molecule has 1 N–H and O–H groups in total. The summed E-state index contributed by atoms with van der Waals surface area (Å²) >= 11 is 1.37. The van der Waals surface area contributed by atoms with Gasteiger partial charge in [0.2, 0.25) is 5.91 Å². The van der Waals surface area contributed by atoms with Gasteiger partial charge < -0.3 is 10.1 Å². The Hall–Kier alpha value is -2.28. The molecule has 0 saturated carbocycles. The van der Waals surface area contributed by atoms with Crippen LogP contribution in [-0.2, 0) is 11.3 Å². The second kappa shape index (κ2) is 8.89. The molecule has 0 unspecified atom stereocenters. The smallest absolute Gasteiger partial charge is 0.230 e. The second-order valence-corrected chi connectivity index (χ2v) is 7.45. The van der Waals surface area contributed by atoms with E-state index in [2.05, 4.69) is 29.0 Å². The highest BCUT2D eigenvalue weighted by molar-refractivity contribution is 7.99. The lowest BCUT2D eigenvalue weighted by molar-refractivity contribution is -0.120. The van der Waals surface area contributed by atoms with Gasteiger partial charge in [0.15, 0.2) is 11.0 Å². The Labute approximate surface area is 159 Å². The van der Waals surface area contributed by atoms with Gasteiger partial charge in [-0.15, -0.1) is 16.8 Å². The quantitative estimate of drug-likeness (QED) is 0.537. The van der Waals surface area contributed by atoms with Gasteiger partial charge in [0, 0.05) is 17.6 Å². The van der Waals surface area contributed by atoms with E-state index in [0.717, 1.165) is 23.6 Å². The first kappa shape index (κ1) is 20.0. The monoisotopic (exact) mass is 374 g/mol. The van der Waals surface area contributed by atoms with Crippen LogP contribution in [-0.4, -0.2) is 39.1 Å². The van der Waals surface area contributed by atoms with Gasteiger partial charge in [0.05, 0.1) is 12.9 Å². The van der Waals surface area contributed by atoms with E-state index in [1.165, 1.54) is 11.8 Å². The number of methoxy groups -OCH3 is 1. The van der Waals surface area contributed by atoms with Crippen molar-refractivity contribution in [3.63, 3.8) is 0 Å². The molecule has 0 bridgehead atoms. The molecule has 2 rings (SSSR count). The Morgan fingerprint density at radius 2 is 2.04 bits per heavy atom. The third-order valence-electron chi connectivity index (χ3n) is 4.07. The van der Waals surface area contributed by atoms with E-state index >= 15 is 0 Å². The molecule has 7 heteroatoms. The largest absolute Gasteiger partial charge is 0.497 e. The van der Waals surface area contributed by atoms with Crippen molar-refractivity contribution >= 4 is 17.7 Å². The van der Waals surface area contributed by atoms with Crippen LogP contribution in [0.4, 0.5) is 0 Å². The van der Waals surface area contributed by atoms with Gasteiger partial charge in [-0.3, -0.25) is 9.36 Å². The van der Waals surface area contributed by atoms with E-state index in [0.29, 0.717) is 17.5 Å². The van der Waals surface area contributed by atoms with Crippen LogP contribution in [0.5, 0.6) is 5.75 Å². The van der Waals surface area contributed by atoms with E-state index in [9.17, 15) is 4.79 Å². The summed E-state index contributed by atoms with van der Waals surface area (Å²) < 4.78 is 7.15. The summed E-state index contributed by atoms with van der Waals surface area (Å²) in [5.41, 5.74) is 0.726. The second-order valence-electron chi connectivity index (χ2n) is 6.51. The van der Waals surface area contributed by atoms with Crippen LogP contribution in [0.15, 0.2) is 42.1 Å². The van der Waals surface area contributed by atoms with E-state index in [-0.39, 0.29) is 11.4 Å². The number of amides is 1. The van der Waals surface area contributed by atoms with Gasteiger partial charge in [-0.05, 0) is 44.5 Å². The molecule has 2 aromatic rings. The molecule has 0 radical (unpaired) electrons. The zero-order valence-electron chi connectivity index (χ0n) is 15.8. The van der Waals surface area contributed by atoms with Crippen molar-refractivity contribution in [2.45, 2.75) is 44.4 Å². The average molecular weight is 375 g/mol. The molecule has 0 aliphatic rings. The van der Waals surface area contributed by atoms with Gasteiger partial charge in [-0.25, -0.2) is 0 Å². The summed E-state index contributed by atoms with van der Waals surface area (Å²) in [6.07, 6.45) is 2.67. The fourth-order valence-corrected chi connectivity index (χ4v) is 3.02. The number of ether oxygens (including phenoxy) is 1. The third kappa shape index (κ3) is 5.11. The minimum absolute atomic E-state index is 0.0130. The number of aromatic nitrogens is 3. The summed E-state index contributed by atoms with van der Waals surface area (Å²) in [4.78, 5) is 12.2. The Morgan fingerprint density at radius 1 is 1.35 bits per heavy atom. The van der Waals surface area contributed by atoms with Crippen molar-refractivity contribution in [2.75, 3.05) is 12.9 Å². The summed E-state index contributed by atoms with van der Waals surface area (Å²) in [5.74, 6) is 1.81. The van der Waals surface area contributed by atoms with Crippen molar-refractivity contribution in [1.82, 2.24) is 20.1 Å². The molecule has 0 fully saturated rings. The van der Waals surface area contributed by atoms with Crippen LogP contribution >= 0.6 is 11.8 Å². The van der Waals surface area contributed by atoms with Crippen LogP contribution in [0.1, 0.15) is 27.2 Å². The Bertz CT molecular complexity index is 753. The maximum absolute atomic E-state index is 12.2. The number of hydrogen-bond acceptors (Lipinski definition) is 5. The number of nitrogens with zero attached hydrogens (tertiary/aromatic N) is 3. The van der Waals surface area contributed by atoms with Crippen LogP contribution in [0.2, 0.25) is 0 Å². The van der Waals surface area contributed by atoms with Crippen LogP contribution in [0.3, 0.4) is 0 Å². The molecule has 26 heavy (non-hydrogen) atoms. The Balaban J connectivity index is 2.15. The van der Waals surface area contributed by atoms with Crippen molar-refractivity contribution in [3.05, 3.63) is 36.9 Å². The van der Waals surface area contributed by atoms with Gasteiger partial charge in [-0.2, -0.15) is 0 Å². The maximum atomic E-state index is 12.2. The zero-order chi connectivity index (χ0) is 19.2. The van der Waals surface area contributed by atoms with Crippen LogP contribution < -0.4 is 10.1 Å². The molecule has 0 aliphatic carbocycles. The molecule has 140 valence electrons. The number of allylic oxidation sites excluding steroid dienone is 1. The molecule has 0 spiro atoms. The molecule has 0 saturated heterocycles. The number of rotatable bonds is 9. The lowest BCUT2D eigenvalue weighted by atomic mass is 10.0. The highest BCUT2D eigenvalue weighted by Gasteiger charge is 2.19. The van der Waals surface area contributed by atoms with Crippen molar-refractivity contribution < 1.29 is 9.53 Å². The number of thioether (sulfide) groups is 1. The van der Waals surface area contributed by atoms with Crippen molar-refractivity contribution in [3.8, 4) is 17.1 Å². The summed E-state index contributed by atoms with van der Waals surface area (Å²) in [6.45, 7) is 10.5. The normalized spacial score (nSPS) is 11.2. The SMILES string of the molecule is C=CCn1c(SCC(=O)NC(C)(C)CC)nnc1-c1ccc(OC)cc1. The minimum atomic E-state index is -0.208. The highest BCUT2D eigenvalue weighted by Crippen LogP contribution is 2.25. The summed E-state index contributed by atoms with van der Waals surface area (Å²) in [7, 11) is 1.63. The molecule has 1 heterocycles. The molecular formula is C19H26N4O2S. The molecule has 1 aromatic heterocycles. The maximum Gasteiger partial charge on any atom is 0.230 e. The number of nitrogens with one attached hydrogen (secondary N) is 1. The fourth-order valence-electron chi connectivity index (χ4n) is 2.27. The lowest BCUT2D eigenvalue weighted by Crippen LogP contribution is -2.43. The van der Waals surface area contributed by atoms with E-state index in [1.54, 1.807) is 13.2 Å². The summed E-state index contributed by atoms with van der Waals surface area (Å²) in [5, 5.41) is 12.3. The third-order valence-corrected chi connectivity index (χ3v) is 5.04. The fraction of sp³-hybridized carbons (Fsp3) is 0.421. The standard InChI is InChI=1S/C19H26N4O2S/c1-6-12-23-17(14-8-10-15(25-5)11-9-14)21-22-18(23)26-13-16(24)20-19(3,4)7-2/h6,8-11H,1,7,12-13H2,2-5H3,(H,20,24). The predicted molar refractivity (Wildman–Crippen MR) is 105 cm³/mol. The first-order valence-electron chi connectivity index (χ1n) is 8.52. The Morgan fingerprint density at radius 3 is 2.62 bits per heavy atom. The predicted octanol–water partition coefficient (Wildman–Crippen LogP) is 3.54. The van der Waals surface area contributed by atoms with E-state index < -0.39 is 0 Å². The van der Waals surface area contributed by atoms with Gasteiger partial charge >= 0.3 is 0 Å². The number of carbonyl (C=O) groups is 1. The van der Waals surface area contributed by atoms with E-state index in [1.807, 2.05) is 42.7 Å². The van der Waals surface area contributed by atoms with Crippen LogP contribution in [0, 0.1) is 0 Å². The molecule has 0 atom stereocenters. The van der Waals surface area contributed by atoms with Crippen LogP contribution in [0.25, 0.3) is 11.4 Å². The number of hydrogen-bond donors (Lipinski definition) is 1. The Kier molecular flexibility index (Phi) is 6.85. The first-order valence-corrected chi connectivity index (χ1v) is 9.51. The molecule has 6 nitrogen and oxygen atoms in total. The highest BCUT2D eigenvalue weighted by atomic mass is 32.2.